The highest BCUT2D eigenvalue weighted by Crippen LogP contribution is 2.38. The molecule has 0 fully saturated rings. The smallest absolute Gasteiger partial charge is 0.333 e. The number of halogens is 1. The zero-order valence-corrected chi connectivity index (χ0v) is 13.2. The van der Waals surface area contributed by atoms with Crippen LogP contribution >= 0.6 is 0 Å². The minimum Gasteiger partial charge on any atom is -0.350 e. The number of primary amides is 1. The lowest BCUT2D eigenvalue weighted by atomic mass is 10.0. The molecular formula is C17H15FN6O. The van der Waals surface area contributed by atoms with E-state index in [-0.39, 0.29) is 5.82 Å². The van der Waals surface area contributed by atoms with Crippen LogP contribution in [0.4, 0.5) is 15.0 Å². The van der Waals surface area contributed by atoms with Gasteiger partial charge in [0.25, 0.3) is 0 Å². The Morgan fingerprint density at radius 1 is 1.08 bits per heavy atom. The van der Waals surface area contributed by atoms with E-state index in [0.717, 1.165) is 16.7 Å². The molecular weight excluding hydrogens is 323 g/mol. The second-order valence-electron chi connectivity index (χ2n) is 5.64. The van der Waals surface area contributed by atoms with Crippen LogP contribution in [0.15, 0.2) is 48.8 Å². The van der Waals surface area contributed by atoms with Crippen molar-refractivity contribution >= 4 is 11.8 Å². The van der Waals surface area contributed by atoms with Crippen molar-refractivity contribution in [2.45, 2.75) is 6.54 Å². The normalized spacial score (nSPS) is 13.2. The van der Waals surface area contributed by atoms with Gasteiger partial charge in [-0.15, -0.1) is 0 Å². The number of fused-ring (bicyclic) bond motifs is 1. The number of hydrazine groups is 1. The number of rotatable bonds is 2. The number of benzene rings is 1. The van der Waals surface area contributed by atoms with Crippen molar-refractivity contribution in [2.24, 2.45) is 5.73 Å². The zero-order chi connectivity index (χ0) is 17.4. The van der Waals surface area contributed by atoms with E-state index in [1.165, 1.54) is 17.1 Å². The van der Waals surface area contributed by atoms with Gasteiger partial charge in [-0.1, -0.05) is 0 Å². The molecule has 126 valence electrons. The van der Waals surface area contributed by atoms with Gasteiger partial charge in [-0.25, -0.2) is 18.9 Å². The molecule has 1 aliphatic heterocycles. The molecule has 1 aromatic carbocycles. The molecule has 8 heteroatoms. The van der Waals surface area contributed by atoms with Crippen molar-refractivity contribution in [1.82, 2.24) is 19.8 Å². The molecule has 2 aromatic heterocycles. The summed E-state index contributed by atoms with van der Waals surface area (Å²) in [6.07, 6.45) is 3.37. The van der Waals surface area contributed by atoms with Gasteiger partial charge in [-0.3, -0.25) is 10.4 Å². The van der Waals surface area contributed by atoms with Crippen LogP contribution in [-0.2, 0) is 6.54 Å². The van der Waals surface area contributed by atoms with Crippen LogP contribution in [0.3, 0.4) is 0 Å². The number of nitrogens with one attached hydrogen (secondary N) is 1. The molecule has 1 aliphatic rings. The lowest BCUT2D eigenvalue weighted by molar-refractivity contribution is 0.211. The number of carbonyl (C=O) groups excluding carboxylic acids is 1. The van der Waals surface area contributed by atoms with Crippen LogP contribution in [0.2, 0.25) is 0 Å². The second-order valence-corrected chi connectivity index (χ2v) is 5.64. The Labute approximate surface area is 142 Å². The van der Waals surface area contributed by atoms with Crippen molar-refractivity contribution < 1.29 is 9.18 Å². The van der Waals surface area contributed by atoms with Crippen molar-refractivity contribution in [3.8, 4) is 22.4 Å². The van der Waals surface area contributed by atoms with Crippen LogP contribution in [0.1, 0.15) is 0 Å². The highest BCUT2D eigenvalue weighted by atomic mass is 19.1. The van der Waals surface area contributed by atoms with E-state index in [2.05, 4.69) is 15.5 Å². The number of hydrogen-bond donors (Lipinski definition) is 2. The second kappa shape index (κ2) is 5.90. The van der Waals surface area contributed by atoms with E-state index in [9.17, 15) is 9.18 Å². The molecule has 0 aliphatic carbocycles. The van der Waals surface area contributed by atoms with Gasteiger partial charge in [-0.05, 0) is 42.0 Å². The average molecular weight is 338 g/mol. The highest BCUT2D eigenvalue weighted by Gasteiger charge is 2.26. The Morgan fingerprint density at radius 2 is 1.80 bits per heavy atom. The van der Waals surface area contributed by atoms with Crippen LogP contribution in [0, 0.1) is 5.82 Å². The van der Waals surface area contributed by atoms with Crippen molar-refractivity contribution in [1.29, 1.82) is 0 Å². The molecule has 25 heavy (non-hydrogen) atoms. The summed E-state index contributed by atoms with van der Waals surface area (Å²) in [4.78, 5) is 15.6. The summed E-state index contributed by atoms with van der Waals surface area (Å²) >= 11 is 0. The average Bonchev–Trinajstić information content (AvgIpc) is 3.01. The van der Waals surface area contributed by atoms with Crippen LogP contribution in [-0.4, -0.2) is 32.3 Å². The standard InChI is InChI=1S/C17H15FN6O/c18-13-3-1-12(2-4-13)15-14(11-5-7-20-8-6-11)16-22-24(17(19)25)10-9-23(16)21-15/h1-8,22H,9-10H2,(H2,19,25). The molecule has 0 unspecified atom stereocenters. The zero-order valence-electron chi connectivity index (χ0n) is 13.2. The molecule has 3 N–H and O–H groups in total. The first-order valence-corrected chi connectivity index (χ1v) is 7.74. The number of hydrogen-bond acceptors (Lipinski definition) is 4. The Balaban J connectivity index is 1.90. The first-order valence-electron chi connectivity index (χ1n) is 7.74. The molecule has 0 saturated carbocycles. The van der Waals surface area contributed by atoms with Gasteiger partial charge in [0.05, 0.1) is 18.7 Å². The molecule has 0 saturated heterocycles. The first-order chi connectivity index (χ1) is 12.1. The lowest BCUT2D eigenvalue weighted by Crippen LogP contribution is -2.45. The van der Waals surface area contributed by atoms with Gasteiger partial charge in [0.15, 0.2) is 5.82 Å². The van der Waals surface area contributed by atoms with Crippen molar-refractivity contribution in [3.63, 3.8) is 0 Å². The van der Waals surface area contributed by atoms with Gasteiger partial charge in [0, 0.05) is 18.0 Å². The first kappa shape index (κ1) is 15.1. The molecule has 0 bridgehead atoms. The van der Waals surface area contributed by atoms with Crippen LogP contribution in [0.5, 0.6) is 0 Å². The molecule has 7 nitrogen and oxygen atoms in total. The minimum absolute atomic E-state index is 0.309. The van der Waals surface area contributed by atoms with Gasteiger partial charge in [0.2, 0.25) is 0 Å². The van der Waals surface area contributed by atoms with Gasteiger partial charge in [-0.2, -0.15) is 5.10 Å². The van der Waals surface area contributed by atoms with Gasteiger partial charge < -0.3 is 5.73 Å². The number of nitrogens with two attached hydrogens (primary N) is 1. The van der Waals surface area contributed by atoms with Gasteiger partial charge in [0.1, 0.15) is 11.5 Å². The lowest BCUT2D eigenvalue weighted by Gasteiger charge is -2.28. The van der Waals surface area contributed by atoms with Gasteiger partial charge >= 0.3 is 6.03 Å². The number of urea groups is 1. The van der Waals surface area contributed by atoms with Crippen LogP contribution in [0.25, 0.3) is 22.4 Å². The maximum atomic E-state index is 13.3. The Morgan fingerprint density at radius 3 is 2.48 bits per heavy atom. The summed E-state index contributed by atoms with van der Waals surface area (Å²) in [6, 6.07) is 9.31. The molecule has 2 amide bonds. The fourth-order valence-corrected chi connectivity index (χ4v) is 2.88. The van der Waals surface area contributed by atoms with E-state index < -0.39 is 6.03 Å². The molecule has 0 atom stereocenters. The summed E-state index contributed by atoms with van der Waals surface area (Å²) in [6.45, 7) is 0.910. The quantitative estimate of drug-likeness (QED) is 0.751. The topological polar surface area (TPSA) is 89.1 Å². The summed E-state index contributed by atoms with van der Waals surface area (Å²) in [5, 5.41) is 6.00. The number of amides is 2. The fraction of sp³-hybridized carbons (Fsp3) is 0.118. The Kier molecular flexibility index (Phi) is 3.57. The minimum atomic E-state index is -0.559. The van der Waals surface area contributed by atoms with E-state index in [1.807, 2.05) is 12.1 Å². The summed E-state index contributed by atoms with van der Waals surface area (Å²) < 4.78 is 15.1. The Bertz CT molecular complexity index is 922. The Hall–Kier alpha value is -3.42. The maximum absolute atomic E-state index is 13.3. The third kappa shape index (κ3) is 2.67. The highest BCUT2D eigenvalue weighted by molar-refractivity contribution is 5.89. The maximum Gasteiger partial charge on any atom is 0.333 e. The monoisotopic (exact) mass is 338 g/mol. The molecule has 0 spiro atoms. The molecule has 0 radical (unpaired) electrons. The number of anilines is 1. The third-order valence-electron chi connectivity index (χ3n) is 4.08. The van der Waals surface area contributed by atoms with Crippen molar-refractivity contribution in [3.05, 3.63) is 54.6 Å². The van der Waals surface area contributed by atoms with E-state index in [0.29, 0.717) is 24.6 Å². The predicted octanol–water partition coefficient (Wildman–Crippen LogP) is 2.47. The summed E-state index contributed by atoms with van der Waals surface area (Å²) in [5.74, 6) is 0.354. The van der Waals surface area contributed by atoms with E-state index in [1.54, 1.807) is 29.2 Å². The molecule has 3 aromatic rings. The SMILES string of the molecule is NC(=O)N1CCn2nc(-c3ccc(F)cc3)c(-c3ccncc3)c2N1. The summed E-state index contributed by atoms with van der Waals surface area (Å²) in [5.41, 5.74) is 11.6. The number of nitrogens with zero attached hydrogens (tertiary/aromatic N) is 4. The van der Waals surface area contributed by atoms with E-state index in [4.69, 9.17) is 5.73 Å². The third-order valence-corrected chi connectivity index (χ3v) is 4.08. The molecule has 4 rings (SSSR count). The fourth-order valence-electron chi connectivity index (χ4n) is 2.88. The molecule has 3 heterocycles. The number of carbonyl (C=O) groups is 1. The van der Waals surface area contributed by atoms with Crippen LogP contribution < -0.4 is 11.2 Å². The largest absolute Gasteiger partial charge is 0.350 e. The van der Waals surface area contributed by atoms with Crippen molar-refractivity contribution in [2.75, 3.05) is 12.0 Å². The number of aromatic nitrogens is 3. The predicted molar refractivity (Wildman–Crippen MR) is 90.8 cm³/mol. The number of pyridine rings is 1. The van der Waals surface area contributed by atoms with E-state index >= 15 is 0 Å². The summed E-state index contributed by atoms with van der Waals surface area (Å²) in [7, 11) is 0.